The van der Waals surface area contributed by atoms with Crippen LogP contribution in [0.3, 0.4) is 0 Å². The number of likely N-dealkylation sites (tertiary alicyclic amines) is 2. The van der Waals surface area contributed by atoms with Crippen LogP contribution in [0, 0.1) is 0 Å². The summed E-state index contributed by atoms with van der Waals surface area (Å²) in [5.41, 5.74) is 4.96. The number of piperidine rings is 1. The second-order valence-corrected chi connectivity index (χ2v) is 12.5. The summed E-state index contributed by atoms with van der Waals surface area (Å²) in [5, 5.41) is 7.76. The number of carbonyl (C=O) groups is 1. The molecule has 0 saturated carbocycles. The summed E-state index contributed by atoms with van der Waals surface area (Å²) >= 11 is 0. The number of pyridine rings is 1. The molecule has 3 atom stereocenters. The summed E-state index contributed by atoms with van der Waals surface area (Å²) in [6.07, 6.45) is 6.99. The van der Waals surface area contributed by atoms with E-state index in [9.17, 15) is 9.59 Å². The number of anilines is 3. The van der Waals surface area contributed by atoms with Gasteiger partial charge in [0.1, 0.15) is 5.65 Å². The van der Waals surface area contributed by atoms with Crippen LogP contribution in [0.5, 0.6) is 0 Å². The van der Waals surface area contributed by atoms with Gasteiger partial charge in [0.25, 0.3) is 5.56 Å². The number of Topliss-reactive ketones (excluding diaryl/α,β-unsaturated/α-hetero) is 1. The number of hydrogen-bond donors (Lipinski definition) is 2. The van der Waals surface area contributed by atoms with Crippen molar-refractivity contribution in [1.82, 2.24) is 24.3 Å². The summed E-state index contributed by atoms with van der Waals surface area (Å²) in [4.78, 5) is 41.8. The Morgan fingerprint density at radius 3 is 2.51 bits per heavy atom. The fourth-order valence-electron chi connectivity index (χ4n) is 7.12. The van der Waals surface area contributed by atoms with Gasteiger partial charge in [-0.1, -0.05) is 30.7 Å². The van der Waals surface area contributed by atoms with Gasteiger partial charge >= 0.3 is 0 Å². The molecule has 3 unspecified atom stereocenters. The van der Waals surface area contributed by atoms with Crippen molar-refractivity contribution < 1.29 is 4.79 Å². The van der Waals surface area contributed by atoms with Gasteiger partial charge in [0.15, 0.2) is 5.78 Å². The van der Waals surface area contributed by atoms with Crippen LogP contribution in [0.4, 0.5) is 17.3 Å². The number of aromatic nitrogens is 3. The van der Waals surface area contributed by atoms with Crippen molar-refractivity contribution >= 4 is 34.1 Å². The normalized spacial score (nSPS) is 22.9. The predicted octanol–water partition coefficient (Wildman–Crippen LogP) is 5.18. The summed E-state index contributed by atoms with van der Waals surface area (Å²) < 4.78 is 1.79. The van der Waals surface area contributed by atoms with Crippen LogP contribution < -0.4 is 16.2 Å². The number of nitrogens with one attached hydrogen (secondary N) is 2. The molecule has 4 aromatic rings. The molecule has 2 aromatic carbocycles. The third-order valence-electron chi connectivity index (χ3n) is 9.39. The van der Waals surface area contributed by atoms with Crippen LogP contribution in [0.2, 0.25) is 0 Å². The third kappa shape index (κ3) is 5.55. The Labute approximate surface area is 251 Å². The lowest BCUT2D eigenvalue weighted by molar-refractivity contribution is 0.0951. The highest BCUT2D eigenvalue weighted by Gasteiger charge is 2.31. The highest BCUT2D eigenvalue weighted by Crippen LogP contribution is 2.33. The van der Waals surface area contributed by atoms with Crippen molar-refractivity contribution in [2.45, 2.75) is 56.7 Å². The molecule has 9 heteroatoms. The van der Waals surface area contributed by atoms with E-state index in [0.29, 0.717) is 24.1 Å². The first-order valence-electron chi connectivity index (χ1n) is 15.5. The first-order valence-corrected chi connectivity index (χ1v) is 15.5. The monoisotopic (exact) mass is 577 g/mol. The van der Waals surface area contributed by atoms with Gasteiger partial charge in [-0.05, 0) is 88.8 Å². The quantitative estimate of drug-likeness (QED) is 0.324. The molecule has 2 saturated heterocycles. The summed E-state index contributed by atoms with van der Waals surface area (Å²) in [6, 6.07) is 18.1. The number of benzene rings is 2. The van der Waals surface area contributed by atoms with Crippen molar-refractivity contribution in [2.24, 2.45) is 0 Å². The van der Waals surface area contributed by atoms with E-state index in [0.717, 1.165) is 78.8 Å². The molecular weight excluding hydrogens is 538 g/mol. The van der Waals surface area contributed by atoms with Crippen molar-refractivity contribution in [3.05, 3.63) is 87.8 Å². The summed E-state index contributed by atoms with van der Waals surface area (Å²) in [7, 11) is 4.24. The smallest absolute Gasteiger partial charge is 0.257 e. The highest BCUT2D eigenvalue weighted by molar-refractivity contribution is 5.99. The van der Waals surface area contributed by atoms with Gasteiger partial charge in [-0.25, -0.2) is 4.98 Å². The zero-order valence-corrected chi connectivity index (χ0v) is 24.9. The summed E-state index contributed by atoms with van der Waals surface area (Å²) in [6.45, 7) is 3.12. The second kappa shape index (κ2) is 11.5. The highest BCUT2D eigenvalue weighted by atomic mass is 16.1. The second-order valence-electron chi connectivity index (χ2n) is 12.5. The van der Waals surface area contributed by atoms with E-state index in [-0.39, 0.29) is 29.8 Å². The molecule has 222 valence electrons. The standard InChI is InChI=1S/C34H39N7O2/c1-39-16-14-26(21-39)36-24-10-12-25(13-11-24)37-34-35-20-23-18-29(30-9-5-6-15-40(30)2)33(43)41(32(23)38-34)27-17-22-7-3-4-8-28(22)31(42)19-27/h3-4,7-8,10-13,18,20,26-27,30,36H,5-6,9,14-17,19,21H2,1-2H3,(H,35,37,38). The van der Waals surface area contributed by atoms with E-state index >= 15 is 0 Å². The number of hydrogen-bond acceptors (Lipinski definition) is 8. The lowest BCUT2D eigenvalue weighted by Gasteiger charge is -2.33. The topological polar surface area (TPSA) is 95.4 Å². The molecule has 0 amide bonds. The zero-order valence-electron chi connectivity index (χ0n) is 24.9. The first kappa shape index (κ1) is 27.7. The third-order valence-corrected chi connectivity index (χ3v) is 9.39. The van der Waals surface area contributed by atoms with E-state index in [1.165, 1.54) is 0 Å². The maximum absolute atomic E-state index is 14.3. The lowest BCUT2D eigenvalue weighted by Crippen LogP contribution is -2.38. The van der Waals surface area contributed by atoms with Gasteiger partial charge in [-0.15, -0.1) is 0 Å². The van der Waals surface area contributed by atoms with Crippen LogP contribution >= 0.6 is 0 Å². The molecule has 0 spiro atoms. The predicted molar refractivity (Wildman–Crippen MR) is 170 cm³/mol. The average Bonchev–Trinajstić information content (AvgIpc) is 3.42. The lowest BCUT2D eigenvalue weighted by atomic mass is 9.86. The van der Waals surface area contributed by atoms with Gasteiger partial charge in [-0.3, -0.25) is 19.1 Å². The molecule has 9 nitrogen and oxygen atoms in total. The number of rotatable bonds is 6. The molecule has 4 heterocycles. The van der Waals surface area contributed by atoms with Crippen LogP contribution in [0.25, 0.3) is 11.0 Å². The summed E-state index contributed by atoms with van der Waals surface area (Å²) in [5.74, 6) is 0.487. The molecule has 2 fully saturated rings. The fourth-order valence-corrected chi connectivity index (χ4v) is 7.12. The molecule has 2 aliphatic heterocycles. The van der Waals surface area contributed by atoms with Gasteiger partial charge in [-0.2, -0.15) is 4.98 Å². The van der Waals surface area contributed by atoms with Crippen molar-refractivity contribution in [1.29, 1.82) is 0 Å². The van der Waals surface area contributed by atoms with Crippen LogP contribution in [0.1, 0.15) is 65.7 Å². The van der Waals surface area contributed by atoms with Crippen molar-refractivity contribution in [3.63, 3.8) is 0 Å². The number of nitrogens with zero attached hydrogens (tertiary/aromatic N) is 5. The molecule has 2 aromatic heterocycles. The Balaban J connectivity index is 1.24. The van der Waals surface area contributed by atoms with E-state index in [1.807, 2.05) is 42.5 Å². The van der Waals surface area contributed by atoms with Crippen LogP contribution in [0.15, 0.2) is 65.6 Å². The number of ketones is 1. The minimum atomic E-state index is -0.311. The van der Waals surface area contributed by atoms with E-state index in [2.05, 4.69) is 51.6 Å². The van der Waals surface area contributed by atoms with Gasteiger partial charge in [0.2, 0.25) is 5.95 Å². The van der Waals surface area contributed by atoms with E-state index in [4.69, 9.17) is 4.98 Å². The molecule has 43 heavy (non-hydrogen) atoms. The minimum Gasteiger partial charge on any atom is -0.381 e. The van der Waals surface area contributed by atoms with Crippen LogP contribution in [-0.4, -0.2) is 69.9 Å². The maximum Gasteiger partial charge on any atom is 0.257 e. The SMILES string of the molecule is CN1CCC(Nc2ccc(Nc3ncc4cc(C5CCCCN5C)c(=O)n(C5CC(=O)c6ccccc6C5)c4n3)cc2)C1. The largest absolute Gasteiger partial charge is 0.381 e. The Kier molecular flexibility index (Phi) is 7.44. The average molecular weight is 578 g/mol. The number of carbonyl (C=O) groups excluding carboxylic acids is 1. The zero-order chi connectivity index (χ0) is 29.5. The Morgan fingerprint density at radius 1 is 0.907 bits per heavy atom. The number of fused-ring (bicyclic) bond motifs is 2. The molecule has 0 bridgehead atoms. The molecular formula is C34H39N7O2. The van der Waals surface area contributed by atoms with Gasteiger partial charge < -0.3 is 15.5 Å². The Morgan fingerprint density at radius 2 is 1.72 bits per heavy atom. The first-order chi connectivity index (χ1) is 20.9. The van der Waals surface area contributed by atoms with Crippen molar-refractivity contribution in [2.75, 3.05) is 44.4 Å². The van der Waals surface area contributed by atoms with Gasteiger partial charge in [0.05, 0.1) is 6.04 Å². The minimum absolute atomic E-state index is 0.0398. The molecule has 7 rings (SSSR count). The van der Waals surface area contributed by atoms with E-state index < -0.39 is 0 Å². The molecule has 0 radical (unpaired) electrons. The Bertz CT molecular complexity index is 1720. The Hall–Kier alpha value is -4.08. The molecule has 2 N–H and O–H groups in total. The van der Waals surface area contributed by atoms with Crippen LogP contribution in [-0.2, 0) is 6.42 Å². The van der Waals surface area contributed by atoms with E-state index in [1.54, 1.807) is 10.8 Å². The maximum atomic E-state index is 14.3. The fraction of sp³-hybridized carbons (Fsp3) is 0.412. The van der Waals surface area contributed by atoms with Gasteiger partial charge in [0, 0.05) is 59.1 Å². The number of likely N-dealkylation sites (N-methyl/N-ethyl adjacent to an activating group) is 1. The van der Waals surface area contributed by atoms with Crippen molar-refractivity contribution in [3.8, 4) is 0 Å². The molecule has 1 aliphatic carbocycles. The molecule has 3 aliphatic rings.